The van der Waals surface area contributed by atoms with Crippen molar-refractivity contribution in [1.82, 2.24) is 4.98 Å². The Balaban J connectivity index is 1.79. The number of likely N-dealkylation sites (N-methyl/N-ethyl adjacent to an activating group) is 1. The van der Waals surface area contributed by atoms with Crippen LogP contribution in [0.4, 0.5) is 0 Å². The minimum atomic E-state index is -0.135. The van der Waals surface area contributed by atoms with E-state index in [0.717, 1.165) is 32.9 Å². The standard InChI is InChI=1S/C18H20N2O2/c1-12-8-9-14(22-12)11-20(3)13(2)18(21)16-10-19-17-7-5-4-6-15(16)17/h4-10,13,19H,11H2,1-3H3/p+1/t13-/m0/s1. The lowest BCUT2D eigenvalue weighted by atomic mass is 10.0. The lowest BCUT2D eigenvalue weighted by molar-refractivity contribution is -0.908. The zero-order valence-corrected chi connectivity index (χ0v) is 13.1. The number of para-hydroxylation sites is 1. The third-order valence-corrected chi connectivity index (χ3v) is 4.24. The number of carbonyl (C=O) groups excluding carboxylic acids is 1. The number of fused-ring (bicyclic) bond motifs is 1. The molecule has 4 heteroatoms. The number of hydrogen-bond acceptors (Lipinski definition) is 2. The van der Waals surface area contributed by atoms with Gasteiger partial charge in [0.15, 0.2) is 5.76 Å². The Morgan fingerprint density at radius 3 is 2.77 bits per heavy atom. The van der Waals surface area contributed by atoms with E-state index in [1.54, 1.807) is 0 Å². The summed E-state index contributed by atoms with van der Waals surface area (Å²) in [6.45, 7) is 4.59. The summed E-state index contributed by atoms with van der Waals surface area (Å²) in [7, 11) is 2.02. The molecule has 0 fully saturated rings. The van der Waals surface area contributed by atoms with Crippen LogP contribution in [0.3, 0.4) is 0 Å². The number of furan rings is 1. The van der Waals surface area contributed by atoms with Crippen LogP contribution in [0.2, 0.25) is 0 Å². The number of H-pyrrole nitrogens is 1. The number of quaternary nitrogens is 1. The fourth-order valence-corrected chi connectivity index (χ4v) is 2.74. The number of aromatic nitrogens is 1. The fourth-order valence-electron chi connectivity index (χ4n) is 2.74. The molecule has 2 heterocycles. The highest BCUT2D eigenvalue weighted by molar-refractivity contribution is 6.09. The van der Waals surface area contributed by atoms with Crippen molar-refractivity contribution in [3.8, 4) is 0 Å². The van der Waals surface area contributed by atoms with E-state index >= 15 is 0 Å². The van der Waals surface area contributed by atoms with Crippen molar-refractivity contribution in [2.45, 2.75) is 26.4 Å². The molecule has 0 aliphatic heterocycles. The summed E-state index contributed by atoms with van der Waals surface area (Å²) in [6.07, 6.45) is 1.81. The quantitative estimate of drug-likeness (QED) is 0.710. The van der Waals surface area contributed by atoms with E-state index in [2.05, 4.69) is 4.98 Å². The van der Waals surface area contributed by atoms with Gasteiger partial charge >= 0.3 is 0 Å². The molecule has 1 aromatic carbocycles. The Morgan fingerprint density at radius 1 is 1.27 bits per heavy atom. The number of aromatic amines is 1. The Kier molecular flexibility index (Phi) is 3.86. The molecule has 2 atom stereocenters. The normalized spacial score (nSPS) is 14.1. The molecule has 114 valence electrons. The predicted molar refractivity (Wildman–Crippen MR) is 86.1 cm³/mol. The molecule has 0 bridgehead atoms. The molecule has 1 unspecified atom stereocenters. The molecule has 4 nitrogen and oxygen atoms in total. The van der Waals surface area contributed by atoms with Crippen molar-refractivity contribution in [3.63, 3.8) is 0 Å². The zero-order valence-electron chi connectivity index (χ0n) is 13.1. The first kappa shape index (κ1) is 14.6. The van der Waals surface area contributed by atoms with Gasteiger partial charge in [-0.1, -0.05) is 18.2 Å². The molecule has 3 aromatic rings. The van der Waals surface area contributed by atoms with Crippen molar-refractivity contribution in [2.24, 2.45) is 0 Å². The van der Waals surface area contributed by atoms with Gasteiger partial charge in [-0.25, -0.2) is 0 Å². The second-order valence-corrected chi connectivity index (χ2v) is 5.87. The van der Waals surface area contributed by atoms with Crippen LogP contribution in [0.25, 0.3) is 10.9 Å². The summed E-state index contributed by atoms with van der Waals surface area (Å²) < 4.78 is 5.61. The molecule has 0 amide bonds. The van der Waals surface area contributed by atoms with Gasteiger partial charge in [0.2, 0.25) is 5.78 Å². The van der Waals surface area contributed by atoms with Crippen LogP contribution in [-0.2, 0) is 6.54 Å². The number of nitrogens with one attached hydrogen (secondary N) is 2. The third-order valence-electron chi connectivity index (χ3n) is 4.24. The van der Waals surface area contributed by atoms with E-state index in [-0.39, 0.29) is 11.8 Å². The Hall–Kier alpha value is -2.33. The molecular weight excluding hydrogens is 276 g/mol. The summed E-state index contributed by atoms with van der Waals surface area (Å²) in [5.74, 6) is 1.96. The average molecular weight is 297 g/mol. The number of carbonyl (C=O) groups is 1. The van der Waals surface area contributed by atoms with Crippen molar-refractivity contribution >= 4 is 16.7 Å². The van der Waals surface area contributed by atoms with E-state index in [0.29, 0.717) is 6.54 Å². The third kappa shape index (κ3) is 2.70. The summed E-state index contributed by atoms with van der Waals surface area (Å²) in [4.78, 5) is 17.1. The van der Waals surface area contributed by atoms with E-state index in [4.69, 9.17) is 4.42 Å². The van der Waals surface area contributed by atoms with Gasteiger partial charge < -0.3 is 14.3 Å². The molecule has 0 spiro atoms. The number of Topliss-reactive ketones (excluding diaryl/α,β-unsaturated/α-hetero) is 1. The predicted octanol–water partition coefficient (Wildman–Crippen LogP) is 2.36. The van der Waals surface area contributed by atoms with Crippen molar-refractivity contribution in [3.05, 3.63) is 59.7 Å². The summed E-state index contributed by atoms with van der Waals surface area (Å²) >= 11 is 0. The van der Waals surface area contributed by atoms with Crippen LogP contribution in [0.15, 0.2) is 47.0 Å². The average Bonchev–Trinajstić information content (AvgIpc) is 3.12. The molecule has 0 radical (unpaired) electrons. The largest absolute Gasteiger partial charge is 0.460 e. The second-order valence-electron chi connectivity index (χ2n) is 5.87. The highest BCUT2D eigenvalue weighted by atomic mass is 16.3. The Morgan fingerprint density at radius 2 is 2.05 bits per heavy atom. The lowest BCUT2D eigenvalue weighted by Gasteiger charge is -2.19. The van der Waals surface area contributed by atoms with Gasteiger partial charge in [-0.15, -0.1) is 0 Å². The van der Waals surface area contributed by atoms with Gasteiger partial charge in [0.05, 0.1) is 7.05 Å². The smallest absolute Gasteiger partial charge is 0.221 e. The molecule has 2 aromatic heterocycles. The number of hydrogen-bond donors (Lipinski definition) is 2. The van der Waals surface area contributed by atoms with E-state index < -0.39 is 0 Å². The number of rotatable bonds is 5. The number of aryl methyl sites for hydroxylation is 1. The lowest BCUT2D eigenvalue weighted by Crippen LogP contribution is -3.12. The molecule has 22 heavy (non-hydrogen) atoms. The van der Waals surface area contributed by atoms with Gasteiger partial charge in [0.25, 0.3) is 0 Å². The van der Waals surface area contributed by atoms with Crippen LogP contribution in [0.1, 0.15) is 28.8 Å². The molecule has 0 saturated carbocycles. The van der Waals surface area contributed by atoms with Crippen LogP contribution >= 0.6 is 0 Å². The Bertz CT molecular complexity index is 800. The van der Waals surface area contributed by atoms with Gasteiger partial charge in [0.1, 0.15) is 18.3 Å². The van der Waals surface area contributed by atoms with Crippen LogP contribution < -0.4 is 4.90 Å². The first-order valence-electron chi connectivity index (χ1n) is 7.54. The minimum absolute atomic E-state index is 0.135. The first-order chi connectivity index (χ1) is 10.6. The first-order valence-corrected chi connectivity index (χ1v) is 7.54. The summed E-state index contributed by atoms with van der Waals surface area (Å²) in [5.41, 5.74) is 1.76. The Labute approximate surface area is 129 Å². The van der Waals surface area contributed by atoms with Gasteiger partial charge in [-0.05, 0) is 32.0 Å². The molecular formula is C18H21N2O2+. The maximum atomic E-state index is 12.8. The topological polar surface area (TPSA) is 50.4 Å². The van der Waals surface area contributed by atoms with Crippen LogP contribution in [0.5, 0.6) is 0 Å². The van der Waals surface area contributed by atoms with E-state index in [9.17, 15) is 4.79 Å². The maximum absolute atomic E-state index is 12.8. The fraction of sp³-hybridized carbons (Fsp3) is 0.278. The van der Waals surface area contributed by atoms with Gasteiger partial charge in [-0.2, -0.15) is 0 Å². The number of ketones is 1. The van der Waals surface area contributed by atoms with E-state index in [1.165, 1.54) is 0 Å². The van der Waals surface area contributed by atoms with Gasteiger partial charge in [0, 0.05) is 22.7 Å². The SMILES string of the molecule is Cc1ccc(C[NH+](C)[C@@H](C)C(=O)c2c[nH]c3ccccc23)o1. The van der Waals surface area contributed by atoms with Crippen molar-refractivity contribution < 1.29 is 14.1 Å². The van der Waals surface area contributed by atoms with E-state index in [1.807, 2.05) is 63.5 Å². The monoisotopic (exact) mass is 297 g/mol. The molecule has 3 rings (SSSR count). The summed E-state index contributed by atoms with van der Waals surface area (Å²) in [5, 5.41) is 0.987. The number of benzene rings is 1. The van der Waals surface area contributed by atoms with Crippen molar-refractivity contribution in [1.29, 1.82) is 0 Å². The van der Waals surface area contributed by atoms with Crippen molar-refractivity contribution in [2.75, 3.05) is 7.05 Å². The van der Waals surface area contributed by atoms with Crippen LogP contribution in [-0.4, -0.2) is 23.9 Å². The summed E-state index contributed by atoms with van der Waals surface area (Å²) in [6, 6.07) is 11.7. The molecule has 2 N–H and O–H groups in total. The highest BCUT2D eigenvalue weighted by Gasteiger charge is 2.26. The van der Waals surface area contributed by atoms with Gasteiger partial charge in [-0.3, -0.25) is 4.79 Å². The minimum Gasteiger partial charge on any atom is -0.460 e. The van der Waals surface area contributed by atoms with Crippen LogP contribution in [0, 0.1) is 6.92 Å². The highest BCUT2D eigenvalue weighted by Crippen LogP contribution is 2.18. The molecule has 0 aliphatic carbocycles. The zero-order chi connectivity index (χ0) is 15.7. The second kappa shape index (κ2) is 5.81. The maximum Gasteiger partial charge on any atom is 0.221 e. The molecule has 0 saturated heterocycles. The molecule has 0 aliphatic rings.